The second-order valence-electron chi connectivity index (χ2n) is 4.01. The number of hydrogen-bond acceptors (Lipinski definition) is 5. The van der Waals surface area contributed by atoms with E-state index in [-0.39, 0.29) is 5.82 Å². The first-order valence-electron chi connectivity index (χ1n) is 5.84. The Hall–Kier alpha value is -2.57. The predicted molar refractivity (Wildman–Crippen MR) is 67.2 cm³/mol. The molecule has 0 unspecified atom stereocenters. The lowest BCUT2D eigenvalue weighted by molar-refractivity contribution is 0.610. The Labute approximate surface area is 108 Å². The molecule has 0 aliphatic carbocycles. The monoisotopic (exact) mass is 258 g/mol. The molecule has 0 fully saturated rings. The van der Waals surface area contributed by atoms with Gasteiger partial charge in [0.1, 0.15) is 11.6 Å². The van der Waals surface area contributed by atoms with E-state index < -0.39 is 0 Å². The predicted octanol–water partition coefficient (Wildman–Crippen LogP) is 1.31. The largest absolute Gasteiger partial charge is 0.368 e. The summed E-state index contributed by atoms with van der Waals surface area (Å²) >= 11 is 0. The second kappa shape index (κ2) is 4.97. The summed E-state index contributed by atoms with van der Waals surface area (Å²) in [6.07, 6.45) is 3.78. The summed E-state index contributed by atoms with van der Waals surface area (Å²) in [5.74, 6) is 0.488. The molecule has 1 aromatic carbocycles. The quantitative estimate of drug-likeness (QED) is 0.764. The minimum absolute atomic E-state index is 0.192. The summed E-state index contributed by atoms with van der Waals surface area (Å²) in [6.45, 7) is 0.571. The molecule has 19 heavy (non-hydrogen) atoms. The molecule has 3 rings (SSSR count). The molecule has 0 atom stereocenters. The lowest BCUT2D eigenvalue weighted by Gasteiger charge is -2.07. The Morgan fingerprint density at radius 3 is 3.00 bits per heavy atom. The molecule has 2 aromatic heterocycles. The lowest BCUT2D eigenvalue weighted by atomic mass is 10.1. The van der Waals surface area contributed by atoms with E-state index >= 15 is 0 Å². The van der Waals surface area contributed by atoms with Crippen molar-refractivity contribution in [2.24, 2.45) is 0 Å². The van der Waals surface area contributed by atoms with Crippen LogP contribution in [0.1, 0.15) is 5.56 Å². The molecule has 0 bridgehead atoms. The fourth-order valence-electron chi connectivity index (χ4n) is 1.82. The fourth-order valence-corrected chi connectivity index (χ4v) is 1.82. The molecule has 0 aliphatic heterocycles. The van der Waals surface area contributed by atoms with E-state index in [9.17, 15) is 4.39 Å². The summed E-state index contributed by atoms with van der Waals surface area (Å²) < 4.78 is 15.0. The molecule has 0 amide bonds. The van der Waals surface area contributed by atoms with Crippen LogP contribution in [0.3, 0.4) is 0 Å². The van der Waals surface area contributed by atoms with Gasteiger partial charge >= 0.3 is 0 Å². The van der Waals surface area contributed by atoms with Crippen molar-refractivity contribution in [2.45, 2.75) is 6.42 Å². The van der Waals surface area contributed by atoms with Gasteiger partial charge in [-0.2, -0.15) is 4.52 Å². The van der Waals surface area contributed by atoms with Crippen LogP contribution < -0.4 is 5.32 Å². The van der Waals surface area contributed by atoms with Crippen LogP contribution >= 0.6 is 0 Å². The average Bonchev–Trinajstić information content (AvgIpc) is 2.90. The Kier molecular flexibility index (Phi) is 3.01. The highest BCUT2D eigenvalue weighted by molar-refractivity contribution is 5.43. The highest BCUT2D eigenvalue weighted by atomic mass is 19.1. The summed E-state index contributed by atoms with van der Waals surface area (Å²) in [4.78, 5) is 4.03. The third kappa shape index (κ3) is 2.35. The number of aromatic nitrogens is 5. The van der Waals surface area contributed by atoms with Crippen LogP contribution in [0.5, 0.6) is 0 Å². The van der Waals surface area contributed by atoms with Gasteiger partial charge in [0.25, 0.3) is 0 Å². The molecule has 0 saturated heterocycles. The average molecular weight is 258 g/mol. The van der Waals surface area contributed by atoms with Crippen LogP contribution in [0.25, 0.3) is 5.65 Å². The Morgan fingerprint density at radius 1 is 1.21 bits per heavy atom. The van der Waals surface area contributed by atoms with Gasteiger partial charge in [-0.25, -0.2) is 4.39 Å². The first-order valence-corrected chi connectivity index (χ1v) is 5.84. The standard InChI is InChI=1S/C12H11FN6/c13-10-4-2-1-3-9(10)5-6-15-11-7-14-8-12-16-17-18-19(11)12/h1-4,7-8,15H,5-6H2. The number of benzene rings is 1. The molecular weight excluding hydrogens is 247 g/mol. The maximum Gasteiger partial charge on any atom is 0.199 e. The summed E-state index contributed by atoms with van der Waals surface area (Å²) in [6, 6.07) is 6.73. The summed E-state index contributed by atoms with van der Waals surface area (Å²) in [5, 5.41) is 14.3. The van der Waals surface area contributed by atoms with Crippen LogP contribution in [0.15, 0.2) is 36.7 Å². The van der Waals surface area contributed by atoms with Gasteiger partial charge in [0, 0.05) is 6.54 Å². The SMILES string of the molecule is Fc1ccccc1CCNc1cncc2nnnn12. The van der Waals surface area contributed by atoms with Crippen LogP contribution in [-0.4, -0.2) is 31.6 Å². The summed E-state index contributed by atoms with van der Waals surface area (Å²) in [7, 11) is 0. The molecule has 0 saturated carbocycles. The zero-order valence-electron chi connectivity index (χ0n) is 9.99. The molecule has 7 heteroatoms. The van der Waals surface area contributed by atoms with Gasteiger partial charge in [0.05, 0.1) is 12.4 Å². The van der Waals surface area contributed by atoms with Gasteiger partial charge in [0.2, 0.25) is 0 Å². The zero-order valence-corrected chi connectivity index (χ0v) is 9.99. The molecule has 1 N–H and O–H groups in total. The topological polar surface area (TPSA) is 68.0 Å². The van der Waals surface area contributed by atoms with E-state index in [0.717, 1.165) is 0 Å². The minimum atomic E-state index is -0.192. The Morgan fingerprint density at radius 2 is 2.11 bits per heavy atom. The zero-order chi connectivity index (χ0) is 13.1. The van der Waals surface area contributed by atoms with Crippen molar-refractivity contribution >= 4 is 11.5 Å². The lowest BCUT2D eigenvalue weighted by Crippen LogP contribution is -2.10. The third-order valence-electron chi connectivity index (χ3n) is 2.77. The molecule has 6 nitrogen and oxygen atoms in total. The van der Waals surface area contributed by atoms with Crippen molar-refractivity contribution in [3.63, 3.8) is 0 Å². The van der Waals surface area contributed by atoms with E-state index in [1.54, 1.807) is 29.0 Å². The molecule has 3 aromatic rings. The van der Waals surface area contributed by atoms with Crippen molar-refractivity contribution in [3.8, 4) is 0 Å². The van der Waals surface area contributed by atoms with Crippen LogP contribution in [-0.2, 0) is 6.42 Å². The van der Waals surface area contributed by atoms with Crippen molar-refractivity contribution in [1.29, 1.82) is 0 Å². The molecule has 0 spiro atoms. The summed E-state index contributed by atoms with van der Waals surface area (Å²) in [5.41, 5.74) is 1.24. The number of fused-ring (bicyclic) bond motifs is 1. The van der Waals surface area contributed by atoms with Crippen molar-refractivity contribution in [3.05, 3.63) is 48.0 Å². The number of rotatable bonds is 4. The normalized spacial score (nSPS) is 10.8. The maximum atomic E-state index is 13.4. The van der Waals surface area contributed by atoms with E-state index in [0.29, 0.717) is 30.0 Å². The first kappa shape index (κ1) is 11.5. The van der Waals surface area contributed by atoms with Gasteiger partial charge in [-0.1, -0.05) is 18.2 Å². The van der Waals surface area contributed by atoms with Crippen molar-refractivity contribution < 1.29 is 4.39 Å². The smallest absolute Gasteiger partial charge is 0.199 e. The molecule has 2 heterocycles. The maximum absolute atomic E-state index is 13.4. The van der Waals surface area contributed by atoms with Crippen molar-refractivity contribution in [1.82, 2.24) is 25.0 Å². The van der Waals surface area contributed by atoms with Gasteiger partial charge in [-0.3, -0.25) is 4.98 Å². The van der Waals surface area contributed by atoms with Crippen LogP contribution in [0.2, 0.25) is 0 Å². The Bertz CT molecular complexity index is 695. The number of halogens is 1. The van der Waals surface area contributed by atoms with Gasteiger partial charge in [-0.15, -0.1) is 5.10 Å². The number of nitrogens with zero attached hydrogens (tertiary/aromatic N) is 5. The molecule has 0 radical (unpaired) electrons. The molecule has 0 aliphatic rings. The first-order chi connectivity index (χ1) is 9.34. The Balaban J connectivity index is 1.70. The second-order valence-corrected chi connectivity index (χ2v) is 4.01. The molecule has 96 valence electrons. The minimum Gasteiger partial charge on any atom is -0.368 e. The van der Waals surface area contributed by atoms with E-state index in [1.807, 2.05) is 6.07 Å². The van der Waals surface area contributed by atoms with Gasteiger partial charge in [-0.05, 0) is 28.5 Å². The van der Waals surface area contributed by atoms with E-state index in [1.165, 1.54) is 6.07 Å². The van der Waals surface area contributed by atoms with Crippen LogP contribution in [0, 0.1) is 5.82 Å². The number of nitrogens with one attached hydrogen (secondary N) is 1. The van der Waals surface area contributed by atoms with Gasteiger partial charge in [0.15, 0.2) is 5.65 Å². The highest BCUT2D eigenvalue weighted by Gasteiger charge is 2.04. The fraction of sp³-hybridized carbons (Fsp3) is 0.167. The third-order valence-corrected chi connectivity index (χ3v) is 2.77. The highest BCUT2D eigenvalue weighted by Crippen LogP contribution is 2.09. The number of hydrogen-bond donors (Lipinski definition) is 1. The van der Waals surface area contributed by atoms with Gasteiger partial charge < -0.3 is 5.32 Å². The van der Waals surface area contributed by atoms with Crippen molar-refractivity contribution in [2.75, 3.05) is 11.9 Å². The molecular formula is C12H11FN6. The van der Waals surface area contributed by atoms with E-state index in [4.69, 9.17) is 0 Å². The number of tetrazole rings is 1. The van der Waals surface area contributed by atoms with E-state index in [2.05, 4.69) is 25.8 Å². The number of anilines is 1. The van der Waals surface area contributed by atoms with Crippen LogP contribution in [0.4, 0.5) is 10.2 Å².